The van der Waals surface area contributed by atoms with Crippen LogP contribution in [-0.2, 0) is 22.4 Å². The maximum absolute atomic E-state index is 12.7. The molecule has 5 rings (SSSR count). The highest BCUT2D eigenvalue weighted by Gasteiger charge is 2.44. The number of nitrogens with one attached hydrogen (secondary N) is 2. The second-order valence-corrected chi connectivity index (χ2v) is 10.6. The zero-order chi connectivity index (χ0) is 24.9. The Labute approximate surface area is 213 Å². The number of aliphatic carboxylic acids is 1. The third-order valence-corrected chi connectivity index (χ3v) is 7.82. The second-order valence-electron chi connectivity index (χ2n) is 10.6. The molecular weight excluding hydrogens is 452 g/mol. The van der Waals surface area contributed by atoms with Gasteiger partial charge in [0, 0.05) is 30.7 Å². The number of hydrogen-bond donors (Lipinski definition) is 3. The fraction of sp³-hybridized carbons (Fsp3) is 0.552. The van der Waals surface area contributed by atoms with Crippen molar-refractivity contribution in [1.29, 1.82) is 0 Å². The summed E-state index contributed by atoms with van der Waals surface area (Å²) in [6.45, 7) is 2.68. The number of fused-ring (bicyclic) bond motifs is 1. The monoisotopic (exact) mass is 490 g/mol. The first kappa shape index (κ1) is 24.8. The van der Waals surface area contributed by atoms with Crippen LogP contribution < -0.4 is 10.6 Å². The molecule has 2 aromatic rings. The molecule has 1 amide bonds. The van der Waals surface area contributed by atoms with Gasteiger partial charge in [0.2, 0.25) is 5.91 Å². The van der Waals surface area contributed by atoms with Crippen LogP contribution in [0.3, 0.4) is 0 Å². The van der Waals surface area contributed by atoms with E-state index in [4.69, 9.17) is 4.98 Å². The zero-order valence-electron chi connectivity index (χ0n) is 21.0. The molecule has 1 aliphatic heterocycles. The number of aromatic nitrogens is 1. The maximum Gasteiger partial charge on any atom is 0.326 e. The van der Waals surface area contributed by atoms with Gasteiger partial charge in [-0.25, -0.2) is 9.78 Å². The Bertz CT molecular complexity index is 1060. The Morgan fingerprint density at radius 3 is 2.72 bits per heavy atom. The van der Waals surface area contributed by atoms with Crippen molar-refractivity contribution < 1.29 is 14.7 Å². The van der Waals surface area contributed by atoms with Gasteiger partial charge in [-0.2, -0.15) is 0 Å². The fourth-order valence-electron chi connectivity index (χ4n) is 5.43. The first-order chi connectivity index (χ1) is 17.6. The summed E-state index contributed by atoms with van der Waals surface area (Å²) >= 11 is 0. The lowest BCUT2D eigenvalue weighted by Crippen LogP contribution is -2.44. The van der Waals surface area contributed by atoms with E-state index in [9.17, 15) is 14.7 Å². The van der Waals surface area contributed by atoms with Gasteiger partial charge in [-0.1, -0.05) is 36.4 Å². The number of carbonyl (C=O) groups excluding carboxylic acids is 1. The van der Waals surface area contributed by atoms with Gasteiger partial charge in [-0.05, 0) is 87.4 Å². The number of carboxylic acids is 1. The minimum absolute atomic E-state index is 0.110. The minimum atomic E-state index is -0.942. The molecule has 1 aromatic heterocycles. The highest BCUT2D eigenvalue weighted by atomic mass is 16.4. The Balaban J connectivity index is 1.06. The summed E-state index contributed by atoms with van der Waals surface area (Å²) in [5.74, 6) is 0.0935. The van der Waals surface area contributed by atoms with E-state index in [2.05, 4.69) is 27.7 Å². The largest absolute Gasteiger partial charge is 0.480 e. The molecule has 36 heavy (non-hydrogen) atoms. The van der Waals surface area contributed by atoms with Crippen molar-refractivity contribution in [3.8, 4) is 0 Å². The Morgan fingerprint density at radius 2 is 1.94 bits per heavy atom. The predicted molar refractivity (Wildman–Crippen MR) is 140 cm³/mol. The van der Waals surface area contributed by atoms with Crippen LogP contribution in [0.2, 0.25) is 0 Å². The van der Waals surface area contributed by atoms with E-state index in [0.29, 0.717) is 19.0 Å². The van der Waals surface area contributed by atoms with E-state index in [1.807, 2.05) is 30.3 Å². The molecule has 1 aromatic carbocycles. The molecule has 192 valence electrons. The predicted octanol–water partition coefficient (Wildman–Crippen LogP) is 3.99. The van der Waals surface area contributed by atoms with E-state index < -0.39 is 12.0 Å². The van der Waals surface area contributed by atoms with Gasteiger partial charge in [0.05, 0.1) is 0 Å². The standard InChI is InChI=1S/C29H38N4O3/c34-28(25-19-24(25)20-7-2-1-3-8-20)32-26(29(35)36)15-18-33(23-13-14-23)17-5-4-10-22-12-11-21-9-6-16-30-27(21)31-22/h1-3,7-8,11-12,23-26H,4-6,9-10,13-19H2,(H,30,31)(H,32,34)(H,35,36)/t24?,25?,26-/m0/s1. The van der Waals surface area contributed by atoms with Gasteiger partial charge in [0.25, 0.3) is 0 Å². The molecular formula is C29H38N4O3. The lowest BCUT2D eigenvalue weighted by atomic mass is 10.1. The summed E-state index contributed by atoms with van der Waals surface area (Å²) in [4.78, 5) is 31.9. The van der Waals surface area contributed by atoms with E-state index >= 15 is 0 Å². The Hall–Kier alpha value is -2.93. The van der Waals surface area contributed by atoms with Crippen LogP contribution in [0.1, 0.15) is 67.7 Å². The fourth-order valence-corrected chi connectivity index (χ4v) is 5.43. The molecule has 7 heteroatoms. The Morgan fingerprint density at radius 1 is 1.11 bits per heavy atom. The molecule has 2 saturated carbocycles. The van der Waals surface area contributed by atoms with Crippen LogP contribution in [0, 0.1) is 5.92 Å². The van der Waals surface area contributed by atoms with Crippen molar-refractivity contribution in [3.63, 3.8) is 0 Å². The lowest BCUT2D eigenvalue weighted by Gasteiger charge is -2.24. The number of rotatable bonds is 13. The van der Waals surface area contributed by atoms with E-state index in [0.717, 1.165) is 62.3 Å². The average molecular weight is 491 g/mol. The number of carboxylic acid groups (broad SMARTS) is 1. The minimum Gasteiger partial charge on any atom is -0.480 e. The van der Waals surface area contributed by atoms with Gasteiger partial charge in [-0.15, -0.1) is 0 Å². The molecule has 3 atom stereocenters. The first-order valence-electron chi connectivity index (χ1n) is 13.6. The average Bonchev–Trinajstić information content (AvgIpc) is 3.82. The topological polar surface area (TPSA) is 94.6 Å². The molecule has 0 spiro atoms. The first-order valence-corrected chi connectivity index (χ1v) is 13.6. The Kier molecular flexibility index (Phi) is 7.85. The number of carbonyl (C=O) groups is 2. The molecule has 0 saturated heterocycles. The number of amides is 1. The SMILES string of the molecule is O=C(N[C@@H](CCN(CCCCc1ccc2c(n1)NCCC2)C1CC1)C(=O)O)C1CC1c1ccccc1. The summed E-state index contributed by atoms with van der Waals surface area (Å²) in [7, 11) is 0. The number of nitrogens with zero attached hydrogens (tertiary/aromatic N) is 2. The van der Waals surface area contributed by atoms with Crippen LogP contribution in [0.15, 0.2) is 42.5 Å². The molecule has 7 nitrogen and oxygen atoms in total. The summed E-state index contributed by atoms with van der Waals surface area (Å²) in [6, 6.07) is 14.1. The van der Waals surface area contributed by atoms with E-state index in [1.165, 1.54) is 24.8 Å². The van der Waals surface area contributed by atoms with Crippen molar-refractivity contribution in [2.24, 2.45) is 5.92 Å². The van der Waals surface area contributed by atoms with Gasteiger partial charge >= 0.3 is 5.97 Å². The van der Waals surface area contributed by atoms with Crippen LogP contribution >= 0.6 is 0 Å². The molecule has 3 aliphatic rings. The van der Waals surface area contributed by atoms with Crippen LogP contribution in [0.25, 0.3) is 0 Å². The van der Waals surface area contributed by atoms with E-state index in [1.54, 1.807) is 0 Å². The van der Waals surface area contributed by atoms with Gasteiger partial charge < -0.3 is 20.6 Å². The van der Waals surface area contributed by atoms with Crippen molar-refractivity contribution in [1.82, 2.24) is 15.2 Å². The lowest BCUT2D eigenvalue weighted by molar-refractivity contribution is -0.142. The molecule has 2 unspecified atom stereocenters. The number of aryl methyl sites for hydroxylation is 2. The smallest absolute Gasteiger partial charge is 0.326 e. The second kappa shape index (κ2) is 11.4. The number of benzene rings is 1. The normalized spacial score (nSPS) is 21.4. The maximum atomic E-state index is 12.7. The molecule has 0 bridgehead atoms. The summed E-state index contributed by atoms with van der Waals surface area (Å²) in [6.07, 6.45) is 8.98. The number of hydrogen-bond acceptors (Lipinski definition) is 5. The quantitative estimate of drug-likeness (QED) is 0.368. The van der Waals surface area contributed by atoms with Crippen molar-refractivity contribution in [2.75, 3.05) is 25.0 Å². The zero-order valence-corrected chi connectivity index (χ0v) is 21.0. The number of pyridine rings is 1. The van der Waals surface area contributed by atoms with Gasteiger partial charge in [0.15, 0.2) is 0 Å². The highest BCUT2D eigenvalue weighted by molar-refractivity contribution is 5.87. The summed E-state index contributed by atoms with van der Waals surface area (Å²) in [5.41, 5.74) is 3.62. The van der Waals surface area contributed by atoms with Crippen LogP contribution in [0.4, 0.5) is 5.82 Å². The van der Waals surface area contributed by atoms with Crippen LogP contribution in [0.5, 0.6) is 0 Å². The molecule has 0 radical (unpaired) electrons. The summed E-state index contributed by atoms with van der Waals surface area (Å²) < 4.78 is 0. The van der Waals surface area contributed by atoms with E-state index in [-0.39, 0.29) is 17.7 Å². The molecule has 2 aliphatic carbocycles. The van der Waals surface area contributed by atoms with Gasteiger partial charge in [0.1, 0.15) is 11.9 Å². The molecule has 2 heterocycles. The van der Waals surface area contributed by atoms with Crippen molar-refractivity contribution in [2.45, 2.75) is 75.8 Å². The van der Waals surface area contributed by atoms with Gasteiger partial charge in [-0.3, -0.25) is 4.79 Å². The van der Waals surface area contributed by atoms with Crippen LogP contribution in [-0.4, -0.2) is 58.6 Å². The third-order valence-electron chi connectivity index (χ3n) is 7.82. The molecule has 3 N–H and O–H groups in total. The van der Waals surface area contributed by atoms with Crippen molar-refractivity contribution >= 4 is 17.7 Å². The highest BCUT2D eigenvalue weighted by Crippen LogP contribution is 2.47. The summed E-state index contributed by atoms with van der Waals surface area (Å²) in [5, 5.41) is 16.0. The third kappa shape index (κ3) is 6.44. The molecule has 2 fully saturated rings. The van der Waals surface area contributed by atoms with Crippen molar-refractivity contribution in [3.05, 3.63) is 59.3 Å². The number of unbranched alkanes of at least 4 members (excludes halogenated alkanes) is 1. The number of anilines is 1.